The molecule has 0 bridgehead atoms. The molecule has 2 aromatic rings. The third-order valence-electron chi connectivity index (χ3n) is 2.23. The smallest absolute Gasteiger partial charge is 0.201 e. The lowest BCUT2D eigenvalue weighted by Gasteiger charge is -2.09. The molecule has 0 saturated carbocycles. The van der Waals surface area contributed by atoms with E-state index in [0.29, 0.717) is 10.6 Å². The highest BCUT2D eigenvalue weighted by molar-refractivity contribution is 7.71. The number of fused-ring (bicyclic) bond motifs is 1. The fraction of sp³-hybridized carbons (Fsp3) is 0.200. The van der Waals surface area contributed by atoms with Gasteiger partial charge in [-0.15, -0.1) is 0 Å². The Hall–Kier alpha value is -1.42. The Bertz CT molecular complexity index is 530. The summed E-state index contributed by atoms with van der Waals surface area (Å²) in [6, 6.07) is 7.75. The van der Waals surface area contributed by atoms with E-state index in [-0.39, 0.29) is 0 Å². The molecule has 0 fully saturated rings. The first-order valence-electron chi connectivity index (χ1n) is 4.49. The van der Waals surface area contributed by atoms with Crippen LogP contribution in [0.1, 0.15) is 6.92 Å². The highest BCUT2D eigenvalue weighted by atomic mass is 32.1. The molecule has 1 aromatic carbocycles. The average molecular weight is 205 g/mol. The molecule has 2 N–H and O–H groups in total. The molecule has 0 aliphatic rings. The van der Waals surface area contributed by atoms with Gasteiger partial charge in [-0.2, -0.15) is 0 Å². The minimum atomic E-state index is 0.545. The van der Waals surface area contributed by atoms with Crippen LogP contribution in [0.4, 0.5) is 5.82 Å². The van der Waals surface area contributed by atoms with Crippen LogP contribution in [0.15, 0.2) is 24.3 Å². The predicted octanol–water partition coefficient (Wildman–Crippen LogP) is 2.37. The fourth-order valence-corrected chi connectivity index (χ4v) is 1.83. The quantitative estimate of drug-likeness (QED) is 0.727. The number of hydrogen-bond acceptors (Lipinski definition) is 3. The number of anilines is 1. The molecule has 0 atom stereocenters. The second kappa shape index (κ2) is 3.38. The molecular weight excluding hydrogens is 194 g/mol. The van der Waals surface area contributed by atoms with Crippen molar-refractivity contribution in [3.63, 3.8) is 0 Å². The molecule has 4 heteroatoms. The first kappa shape index (κ1) is 9.15. The number of para-hydroxylation sites is 1. The lowest BCUT2D eigenvalue weighted by Crippen LogP contribution is -2.07. The van der Waals surface area contributed by atoms with Crippen LogP contribution in [0.25, 0.3) is 10.9 Å². The van der Waals surface area contributed by atoms with E-state index in [2.05, 4.69) is 4.98 Å². The minimum absolute atomic E-state index is 0.545. The number of benzene rings is 1. The summed E-state index contributed by atoms with van der Waals surface area (Å²) in [5.74, 6) is 0.697. The van der Waals surface area contributed by atoms with Gasteiger partial charge in [0.15, 0.2) is 0 Å². The lowest BCUT2D eigenvalue weighted by atomic mass is 10.2. The second-order valence-electron chi connectivity index (χ2n) is 3.04. The van der Waals surface area contributed by atoms with Crippen LogP contribution in [0.2, 0.25) is 0 Å². The molecule has 0 amide bonds. The molecule has 3 nitrogen and oxygen atoms in total. The van der Waals surface area contributed by atoms with E-state index in [1.54, 1.807) is 0 Å². The Kier molecular flexibility index (Phi) is 2.21. The van der Waals surface area contributed by atoms with Crippen molar-refractivity contribution in [2.24, 2.45) is 0 Å². The predicted molar refractivity (Wildman–Crippen MR) is 60.7 cm³/mol. The summed E-state index contributed by atoms with van der Waals surface area (Å²) >= 11 is 5.14. The van der Waals surface area contributed by atoms with Gasteiger partial charge in [0.25, 0.3) is 0 Å². The highest BCUT2D eigenvalue weighted by Gasteiger charge is 2.03. The molecule has 0 spiro atoms. The molecule has 2 rings (SSSR count). The van der Waals surface area contributed by atoms with Crippen molar-refractivity contribution in [2.45, 2.75) is 13.5 Å². The van der Waals surface area contributed by atoms with E-state index in [4.69, 9.17) is 18.0 Å². The van der Waals surface area contributed by atoms with Gasteiger partial charge >= 0.3 is 0 Å². The number of nitrogens with two attached hydrogens (primary N) is 1. The zero-order valence-corrected chi connectivity index (χ0v) is 8.71. The number of nitrogens with zero attached hydrogens (tertiary/aromatic N) is 2. The third-order valence-corrected chi connectivity index (χ3v) is 2.55. The monoisotopic (exact) mass is 205 g/mol. The van der Waals surface area contributed by atoms with Crippen molar-refractivity contribution in [1.82, 2.24) is 9.55 Å². The van der Waals surface area contributed by atoms with Crippen LogP contribution in [0.3, 0.4) is 0 Å². The van der Waals surface area contributed by atoms with Gasteiger partial charge in [-0.1, -0.05) is 12.1 Å². The maximum Gasteiger partial charge on any atom is 0.201 e. The molecule has 1 heterocycles. The van der Waals surface area contributed by atoms with Gasteiger partial charge in [0.05, 0.1) is 5.52 Å². The number of aromatic nitrogens is 2. The van der Waals surface area contributed by atoms with Crippen LogP contribution in [-0.4, -0.2) is 9.55 Å². The highest BCUT2D eigenvalue weighted by Crippen LogP contribution is 2.18. The largest absolute Gasteiger partial charge is 0.384 e. The summed E-state index contributed by atoms with van der Waals surface area (Å²) in [6.07, 6.45) is 0. The summed E-state index contributed by atoms with van der Waals surface area (Å²) in [4.78, 5) is 4.31. The molecular formula is C10H11N3S. The Morgan fingerprint density at radius 2 is 2.14 bits per heavy atom. The van der Waals surface area contributed by atoms with Gasteiger partial charge in [0.1, 0.15) is 5.82 Å². The van der Waals surface area contributed by atoms with E-state index in [1.807, 2.05) is 35.8 Å². The minimum Gasteiger partial charge on any atom is -0.384 e. The Balaban J connectivity index is 2.93. The number of nitrogen functional groups attached to an aromatic ring is 1. The van der Waals surface area contributed by atoms with E-state index >= 15 is 0 Å². The molecule has 0 saturated heterocycles. The molecule has 72 valence electrons. The summed E-state index contributed by atoms with van der Waals surface area (Å²) in [6.45, 7) is 2.76. The zero-order chi connectivity index (χ0) is 10.1. The van der Waals surface area contributed by atoms with E-state index in [1.165, 1.54) is 0 Å². The molecule has 0 unspecified atom stereocenters. The van der Waals surface area contributed by atoms with Gasteiger partial charge in [-0.25, -0.2) is 4.98 Å². The van der Waals surface area contributed by atoms with Crippen LogP contribution < -0.4 is 5.73 Å². The van der Waals surface area contributed by atoms with Crippen molar-refractivity contribution < 1.29 is 0 Å². The summed E-state index contributed by atoms with van der Waals surface area (Å²) < 4.78 is 2.38. The van der Waals surface area contributed by atoms with E-state index in [9.17, 15) is 0 Å². The van der Waals surface area contributed by atoms with Gasteiger partial charge in [-0.3, -0.25) is 0 Å². The van der Waals surface area contributed by atoms with Gasteiger partial charge in [0, 0.05) is 11.9 Å². The maximum atomic E-state index is 5.99. The van der Waals surface area contributed by atoms with Crippen molar-refractivity contribution >= 4 is 28.9 Å². The summed E-state index contributed by atoms with van der Waals surface area (Å²) in [5.41, 5.74) is 6.85. The summed E-state index contributed by atoms with van der Waals surface area (Å²) in [7, 11) is 0. The summed E-state index contributed by atoms with van der Waals surface area (Å²) in [5, 5.41) is 0.961. The molecule has 14 heavy (non-hydrogen) atoms. The molecule has 1 aromatic heterocycles. The first-order chi connectivity index (χ1) is 6.74. The van der Waals surface area contributed by atoms with Gasteiger partial charge in [-0.05, 0) is 31.3 Å². The van der Waals surface area contributed by atoms with Gasteiger partial charge < -0.3 is 10.3 Å². The Morgan fingerprint density at radius 3 is 2.86 bits per heavy atom. The topological polar surface area (TPSA) is 43.8 Å². The zero-order valence-electron chi connectivity index (χ0n) is 7.90. The van der Waals surface area contributed by atoms with Crippen molar-refractivity contribution in [3.05, 3.63) is 29.0 Å². The van der Waals surface area contributed by atoms with Crippen molar-refractivity contribution in [3.8, 4) is 0 Å². The van der Waals surface area contributed by atoms with Crippen molar-refractivity contribution in [1.29, 1.82) is 0 Å². The van der Waals surface area contributed by atoms with E-state index < -0.39 is 0 Å². The second-order valence-corrected chi connectivity index (χ2v) is 3.41. The van der Waals surface area contributed by atoms with Gasteiger partial charge in [0.2, 0.25) is 4.77 Å². The van der Waals surface area contributed by atoms with Crippen LogP contribution in [-0.2, 0) is 6.54 Å². The molecule has 0 radical (unpaired) electrons. The SMILES string of the molecule is CCn1c(N)c2ccccc2nc1=S. The maximum absolute atomic E-state index is 5.99. The normalized spacial score (nSPS) is 10.6. The van der Waals surface area contributed by atoms with Crippen LogP contribution in [0.5, 0.6) is 0 Å². The molecule has 0 aliphatic heterocycles. The lowest BCUT2D eigenvalue weighted by molar-refractivity contribution is 0.741. The van der Waals surface area contributed by atoms with Crippen LogP contribution in [0, 0.1) is 4.77 Å². The average Bonchev–Trinajstić information content (AvgIpc) is 2.18. The standard InChI is InChI=1S/C10H11N3S/c1-2-13-9(11)7-5-3-4-6-8(7)12-10(13)14/h3-6H,2,11H2,1H3. The van der Waals surface area contributed by atoms with E-state index in [0.717, 1.165) is 17.4 Å². The van der Waals surface area contributed by atoms with Crippen molar-refractivity contribution in [2.75, 3.05) is 5.73 Å². The Labute approximate surface area is 87.2 Å². The first-order valence-corrected chi connectivity index (χ1v) is 4.90. The third kappa shape index (κ3) is 1.28. The number of rotatable bonds is 1. The van der Waals surface area contributed by atoms with Crippen LogP contribution >= 0.6 is 12.2 Å². The Morgan fingerprint density at radius 1 is 1.43 bits per heavy atom. The number of hydrogen-bond donors (Lipinski definition) is 1. The fourth-order valence-electron chi connectivity index (χ4n) is 1.51. The molecule has 0 aliphatic carbocycles.